The number of nitrogens with zero attached hydrogens (tertiary/aromatic N) is 2. The first-order valence-corrected chi connectivity index (χ1v) is 13.1. The minimum atomic E-state index is -5.08. The second kappa shape index (κ2) is 12.4. The lowest BCUT2D eigenvalue weighted by Gasteiger charge is -2.15. The number of aliphatic carboxylic acids is 1. The lowest BCUT2D eigenvalue weighted by molar-refractivity contribution is -0.192. The number of amides is 1. The fourth-order valence-corrected chi connectivity index (χ4v) is 5.03. The first kappa shape index (κ1) is 28.2. The molecule has 0 atom stereocenters. The van der Waals surface area contributed by atoms with Gasteiger partial charge in [-0.15, -0.1) is 11.3 Å². The first-order chi connectivity index (χ1) is 18.6. The number of rotatable bonds is 8. The number of carboxylic acids is 1. The quantitative estimate of drug-likeness (QED) is 0.185. The van der Waals surface area contributed by atoms with E-state index in [0.717, 1.165) is 55.2 Å². The number of alkyl halides is 3. The third kappa shape index (κ3) is 7.64. The standard InChI is InChI=1S/C25H25FN4OS.C2HF3O2/c26-19-8-9-20-21(15-19)29-25(28-20)23-11-10-22(32-23)18-6-4-17(5-7-18)16-27-12-2-14-30-13-1-3-24(30)31;3-2(4,5)1(6)7/h4-11,15,27H,1-3,12-14,16H2,(H,28,29);(H,6,7). The number of aromatic amines is 1. The van der Waals surface area contributed by atoms with E-state index < -0.39 is 12.1 Å². The average molecular weight is 563 g/mol. The zero-order valence-corrected chi connectivity index (χ0v) is 21.5. The molecule has 1 amide bonds. The lowest BCUT2D eigenvalue weighted by atomic mass is 10.1. The Morgan fingerprint density at radius 3 is 2.49 bits per heavy atom. The number of likely N-dealkylation sites (tertiary alicyclic amines) is 1. The molecule has 1 aliphatic heterocycles. The van der Waals surface area contributed by atoms with Crippen molar-refractivity contribution in [3.8, 4) is 21.1 Å². The molecule has 4 aromatic rings. The van der Waals surface area contributed by atoms with E-state index >= 15 is 0 Å². The van der Waals surface area contributed by atoms with E-state index in [4.69, 9.17) is 9.90 Å². The van der Waals surface area contributed by atoms with Crippen LogP contribution in [0.5, 0.6) is 0 Å². The van der Waals surface area contributed by atoms with Gasteiger partial charge in [0, 0.05) is 30.9 Å². The third-order valence-electron chi connectivity index (χ3n) is 6.05. The molecule has 206 valence electrons. The predicted octanol–water partition coefficient (Wildman–Crippen LogP) is 5.83. The summed E-state index contributed by atoms with van der Waals surface area (Å²) in [5, 5.41) is 10.6. The number of hydrogen-bond donors (Lipinski definition) is 3. The van der Waals surface area contributed by atoms with E-state index in [-0.39, 0.29) is 5.82 Å². The first-order valence-electron chi connectivity index (χ1n) is 12.2. The van der Waals surface area contributed by atoms with Crippen LogP contribution in [0.25, 0.3) is 32.2 Å². The Morgan fingerprint density at radius 2 is 1.82 bits per heavy atom. The minimum absolute atomic E-state index is 0.268. The van der Waals surface area contributed by atoms with Crippen LogP contribution in [0.4, 0.5) is 17.6 Å². The normalized spacial score (nSPS) is 13.5. The van der Waals surface area contributed by atoms with Gasteiger partial charge in [0.2, 0.25) is 5.91 Å². The van der Waals surface area contributed by atoms with Crippen molar-refractivity contribution < 1.29 is 32.3 Å². The molecule has 0 unspecified atom stereocenters. The number of imidazole rings is 1. The van der Waals surface area contributed by atoms with Crippen LogP contribution in [0.3, 0.4) is 0 Å². The summed E-state index contributed by atoms with van der Waals surface area (Å²) in [7, 11) is 0. The predicted molar refractivity (Wildman–Crippen MR) is 141 cm³/mol. The Balaban J connectivity index is 0.000000448. The molecule has 0 spiro atoms. The Morgan fingerprint density at radius 1 is 1.10 bits per heavy atom. The molecule has 0 aliphatic carbocycles. The van der Waals surface area contributed by atoms with Gasteiger partial charge in [-0.05, 0) is 60.8 Å². The van der Waals surface area contributed by atoms with Gasteiger partial charge in [-0.25, -0.2) is 14.2 Å². The number of H-pyrrole nitrogens is 1. The van der Waals surface area contributed by atoms with Crippen molar-refractivity contribution in [2.75, 3.05) is 19.6 Å². The Bertz CT molecular complexity index is 1430. The van der Waals surface area contributed by atoms with Gasteiger partial charge >= 0.3 is 12.1 Å². The number of thiophene rings is 1. The summed E-state index contributed by atoms with van der Waals surface area (Å²) in [6.07, 6.45) is -2.39. The second-order valence-corrected chi connectivity index (χ2v) is 10.0. The van der Waals surface area contributed by atoms with Crippen LogP contribution in [0, 0.1) is 5.82 Å². The van der Waals surface area contributed by atoms with Crippen LogP contribution in [0.1, 0.15) is 24.8 Å². The highest BCUT2D eigenvalue weighted by Gasteiger charge is 2.38. The SMILES string of the molecule is O=C(O)C(F)(F)F.O=C1CCCN1CCCNCc1ccc(-c2ccc(-c3nc4ccc(F)cc4[nH]3)s2)cc1. The number of benzene rings is 2. The summed E-state index contributed by atoms with van der Waals surface area (Å²) in [6, 6.07) is 17.3. The molecule has 1 aliphatic rings. The van der Waals surface area contributed by atoms with E-state index in [9.17, 15) is 22.4 Å². The van der Waals surface area contributed by atoms with Crippen LogP contribution >= 0.6 is 11.3 Å². The van der Waals surface area contributed by atoms with E-state index in [1.54, 1.807) is 17.4 Å². The number of aromatic nitrogens is 2. The van der Waals surface area contributed by atoms with Crippen molar-refractivity contribution in [1.29, 1.82) is 0 Å². The smallest absolute Gasteiger partial charge is 0.475 e. The fourth-order valence-electron chi connectivity index (χ4n) is 4.07. The Hall–Kier alpha value is -3.77. The molecular weight excluding hydrogens is 536 g/mol. The zero-order valence-electron chi connectivity index (χ0n) is 20.7. The van der Waals surface area contributed by atoms with Gasteiger partial charge < -0.3 is 20.3 Å². The van der Waals surface area contributed by atoms with Crippen molar-refractivity contribution >= 4 is 34.2 Å². The molecule has 12 heteroatoms. The topological polar surface area (TPSA) is 98.3 Å². The molecule has 3 heterocycles. The van der Waals surface area contributed by atoms with Crippen molar-refractivity contribution in [2.24, 2.45) is 0 Å². The molecule has 7 nitrogen and oxygen atoms in total. The van der Waals surface area contributed by atoms with E-state index in [1.165, 1.54) is 28.1 Å². The number of carboxylic acid groups (broad SMARTS) is 1. The summed E-state index contributed by atoms with van der Waals surface area (Å²) in [5.74, 6) is -1.96. The van der Waals surface area contributed by atoms with E-state index in [2.05, 4.69) is 51.7 Å². The van der Waals surface area contributed by atoms with Crippen LogP contribution in [-0.2, 0) is 16.1 Å². The van der Waals surface area contributed by atoms with Crippen LogP contribution in [-0.4, -0.2) is 57.7 Å². The molecule has 2 aromatic carbocycles. The van der Waals surface area contributed by atoms with Gasteiger partial charge in [-0.1, -0.05) is 24.3 Å². The van der Waals surface area contributed by atoms with Crippen molar-refractivity contribution in [2.45, 2.75) is 32.0 Å². The number of hydrogen-bond acceptors (Lipinski definition) is 5. The van der Waals surface area contributed by atoms with Crippen molar-refractivity contribution in [1.82, 2.24) is 20.2 Å². The highest BCUT2D eigenvalue weighted by Crippen LogP contribution is 2.34. The number of nitrogens with one attached hydrogen (secondary N) is 2. The maximum atomic E-state index is 13.4. The molecule has 5 rings (SSSR count). The summed E-state index contributed by atoms with van der Waals surface area (Å²) in [4.78, 5) is 32.5. The Labute approximate surface area is 225 Å². The molecule has 39 heavy (non-hydrogen) atoms. The number of fused-ring (bicyclic) bond motifs is 1. The minimum Gasteiger partial charge on any atom is -0.475 e. The monoisotopic (exact) mass is 562 g/mol. The molecule has 0 radical (unpaired) electrons. The third-order valence-corrected chi connectivity index (χ3v) is 7.19. The zero-order chi connectivity index (χ0) is 28.0. The molecular formula is C27H26F4N4O3S. The van der Waals surface area contributed by atoms with Gasteiger partial charge in [0.05, 0.1) is 15.9 Å². The molecule has 1 fully saturated rings. The summed E-state index contributed by atoms with van der Waals surface area (Å²) >= 11 is 1.67. The molecule has 3 N–H and O–H groups in total. The van der Waals surface area contributed by atoms with Crippen molar-refractivity contribution in [3.63, 3.8) is 0 Å². The molecule has 2 aromatic heterocycles. The van der Waals surface area contributed by atoms with Crippen LogP contribution in [0.2, 0.25) is 0 Å². The fraction of sp³-hybridized carbons (Fsp3) is 0.296. The molecule has 1 saturated heterocycles. The van der Waals surface area contributed by atoms with Gasteiger partial charge in [0.1, 0.15) is 11.6 Å². The number of halogens is 4. The van der Waals surface area contributed by atoms with Gasteiger partial charge in [0.25, 0.3) is 0 Å². The van der Waals surface area contributed by atoms with E-state index in [1.807, 2.05) is 4.90 Å². The lowest BCUT2D eigenvalue weighted by Crippen LogP contribution is -2.28. The van der Waals surface area contributed by atoms with Gasteiger partial charge in [-0.3, -0.25) is 4.79 Å². The van der Waals surface area contributed by atoms with E-state index in [0.29, 0.717) is 17.8 Å². The summed E-state index contributed by atoms with van der Waals surface area (Å²) in [6.45, 7) is 3.49. The maximum Gasteiger partial charge on any atom is 0.490 e. The van der Waals surface area contributed by atoms with Gasteiger partial charge in [-0.2, -0.15) is 13.2 Å². The highest BCUT2D eigenvalue weighted by molar-refractivity contribution is 7.18. The van der Waals surface area contributed by atoms with Crippen molar-refractivity contribution in [3.05, 3.63) is 66.0 Å². The average Bonchev–Trinajstić information content (AvgIpc) is 3.64. The summed E-state index contributed by atoms with van der Waals surface area (Å²) < 4.78 is 45.2. The molecule has 0 saturated carbocycles. The summed E-state index contributed by atoms with van der Waals surface area (Å²) in [5.41, 5.74) is 3.88. The second-order valence-electron chi connectivity index (χ2n) is 8.93. The van der Waals surface area contributed by atoms with Crippen LogP contribution in [0.15, 0.2) is 54.6 Å². The number of carbonyl (C=O) groups excluding carboxylic acids is 1. The van der Waals surface area contributed by atoms with Gasteiger partial charge in [0.15, 0.2) is 0 Å². The van der Waals surface area contributed by atoms with Crippen LogP contribution < -0.4 is 5.32 Å². The maximum absolute atomic E-state index is 13.4. The highest BCUT2D eigenvalue weighted by atomic mass is 32.1. The molecule has 0 bridgehead atoms. The largest absolute Gasteiger partial charge is 0.490 e. The number of carbonyl (C=O) groups is 2. The Kier molecular flexibility index (Phi) is 8.97.